The van der Waals surface area contributed by atoms with Crippen LogP contribution in [0, 0.1) is 13.8 Å². The first-order valence-electron chi connectivity index (χ1n) is 17.1. The number of nitrogens with zero attached hydrogens (tertiary/aromatic N) is 4. The van der Waals surface area contributed by atoms with E-state index in [0.717, 1.165) is 35.6 Å². The topological polar surface area (TPSA) is 124 Å². The van der Waals surface area contributed by atoms with Crippen LogP contribution in [-0.2, 0) is 0 Å². The van der Waals surface area contributed by atoms with Crippen molar-refractivity contribution in [3.8, 4) is 11.4 Å². The quantitative estimate of drug-likeness (QED) is 0.0750. The van der Waals surface area contributed by atoms with Crippen LogP contribution in [0.4, 0.5) is 0 Å². The van der Waals surface area contributed by atoms with E-state index in [1.807, 2.05) is 98.8 Å². The van der Waals surface area contributed by atoms with Gasteiger partial charge in [-0.15, -0.1) is 0 Å². The van der Waals surface area contributed by atoms with E-state index >= 15 is 0 Å². The third-order valence-corrected chi connectivity index (χ3v) is 8.91. The van der Waals surface area contributed by atoms with E-state index in [0.29, 0.717) is 70.1 Å². The average Bonchev–Trinajstić information content (AvgIpc) is 3.62. The summed E-state index contributed by atoms with van der Waals surface area (Å²) in [6.07, 6.45) is 0. The molecule has 52 heavy (non-hydrogen) atoms. The monoisotopic (exact) mass is 734 g/mol. The summed E-state index contributed by atoms with van der Waals surface area (Å²) in [5, 5.41) is 14.3. The van der Waals surface area contributed by atoms with E-state index in [1.54, 1.807) is 24.3 Å². The number of H-pyrrole nitrogens is 2. The highest BCUT2D eigenvalue weighted by Gasteiger charge is 2.21. The minimum atomic E-state index is -0.184. The summed E-state index contributed by atoms with van der Waals surface area (Å²) in [5.74, 6) is 0. The van der Waals surface area contributed by atoms with Crippen molar-refractivity contribution in [2.24, 2.45) is 9.98 Å². The van der Waals surface area contributed by atoms with E-state index in [1.165, 1.54) is 9.36 Å². The molecular formula is C40H40Cl2N8O2. The van der Waals surface area contributed by atoms with Crippen LogP contribution in [0.25, 0.3) is 11.4 Å². The van der Waals surface area contributed by atoms with Gasteiger partial charge in [-0.3, -0.25) is 29.8 Å². The molecule has 4 aromatic carbocycles. The molecule has 0 aliphatic carbocycles. The molecule has 0 aliphatic rings. The lowest BCUT2D eigenvalue weighted by Crippen LogP contribution is -2.30. The van der Waals surface area contributed by atoms with Crippen LogP contribution in [0.1, 0.15) is 33.6 Å². The Labute approximate surface area is 311 Å². The number of aliphatic imine (C=N–C) groups is 2. The average molecular weight is 736 g/mol. The zero-order valence-corrected chi connectivity index (χ0v) is 30.5. The predicted octanol–water partition coefficient (Wildman–Crippen LogP) is 6.12. The first-order chi connectivity index (χ1) is 25.3. The lowest BCUT2D eigenvalue weighted by molar-refractivity contribution is 0.619. The maximum Gasteiger partial charge on any atom is 0.280 e. The molecule has 12 heteroatoms. The maximum atomic E-state index is 13.6. The van der Waals surface area contributed by atoms with Crippen molar-refractivity contribution < 1.29 is 0 Å². The van der Waals surface area contributed by atoms with E-state index in [9.17, 15) is 9.59 Å². The largest absolute Gasteiger partial charge is 0.314 e. The molecule has 0 amide bonds. The van der Waals surface area contributed by atoms with Gasteiger partial charge in [0, 0.05) is 58.7 Å². The van der Waals surface area contributed by atoms with Gasteiger partial charge in [0.15, 0.2) is 0 Å². The fourth-order valence-electron chi connectivity index (χ4n) is 5.99. The van der Waals surface area contributed by atoms with Crippen LogP contribution in [0.5, 0.6) is 0 Å². The number of halogens is 2. The van der Waals surface area contributed by atoms with Crippen molar-refractivity contribution in [2.45, 2.75) is 13.8 Å². The van der Waals surface area contributed by atoms with Gasteiger partial charge in [-0.1, -0.05) is 96.0 Å². The highest BCUT2D eigenvalue weighted by Crippen LogP contribution is 2.18. The number of rotatable bonds is 15. The van der Waals surface area contributed by atoms with E-state index in [2.05, 4.69) is 20.8 Å². The van der Waals surface area contributed by atoms with Crippen molar-refractivity contribution in [1.82, 2.24) is 30.2 Å². The molecule has 266 valence electrons. The Bertz CT molecular complexity index is 2140. The molecule has 0 spiro atoms. The second kappa shape index (κ2) is 17.3. The number of hydrogen-bond acceptors (Lipinski definition) is 6. The van der Waals surface area contributed by atoms with E-state index < -0.39 is 0 Å². The summed E-state index contributed by atoms with van der Waals surface area (Å²) in [4.78, 5) is 37.1. The first-order valence-corrected chi connectivity index (χ1v) is 17.8. The van der Waals surface area contributed by atoms with Crippen LogP contribution in [0.3, 0.4) is 0 Å². The molecule has 2 aromatic heterocycles. The van der Waals surface area contributed by atoms with Crippen molar-refractivity contribution >= 4 is 34.6 Å². The standard InChI is InChI=1S/C40H40Cl2N8O2/c1-27-35(39(51)49(47-27)33-17-9-15-31(41)25-33)37(29-11-5-3-6-12-29)45-23-21-43-19-20-44-22-24-46-38(30-13-7-4-8-14-30)36-28(2)48-50(40(36)52)34-18-10-16-32(42)26-34/h3-18,25-26,43-44,47-48H,19-24H2,1-2H3. The zero-order chi connectivity index (χ0) is 36.5. The van der Waals surface area contributed by atoms with Crippen LogP contribution in [0.2, 0.25) is 10.0 Å². The Morgan fingerprint density at radius 3 is 1.37 bits per heavy atom. The van der Waals surface area contributed by atoms with Crippen molar-refractivity contribution in [1.29, 1.82) is 0 Å². The number of nitrogens with one attached hydrogen (secondary N) is 4. The second-order valence-corrected chi connectivity index (χ2v) is 13.0. The molecule has 0 saturated carbocycles. The minimum Gasteiger partial charge on any atom is -0.314 e. The molecule has 10 nitrogen and oxygen atoms in total. The Hall–Kier alpha value is -5.26. The summed E-state index contributed by atoms with van der Waals surface area (Å²) in [6.45, 7) is 7.43. The second-order valence-electron chi connectivity index (χ2n) is 12.2. The third-order valence-electron chi connectivity index (χ3n) is 8.44. The molecular weight excluding hydrogens is 695 g/mol. The highest BCUT2D eigenvalue weighted by atomic mass is 35.5. The molecule has 0 atom stereocenters. The number of aromatic nitrogens is 4. The lowest BCUT2D eigenvalue weighted by Gasteiger charge is -2.08. The number of aromatic amines is 2. The molecule has 6 rings (SSSR count). The molecule has 0 aliphatic heterocycles. The summed E-state index contributed by atoms with van der Waals surface area (Å²) in [7, 11) is 0. The number of hydrogen-bond donors (Lipinski definition) is 4. The number of benzene rings is 4. The van der Waals surface area contributed by atoms with Crippen molar-refractivity contribution in [2.75, 3.05) is 39.3 Å². The van der Waals surface area contributed by atoms with Crippen molar-refractivity contribution in [3.05, 3.63) is 174 Å². The molecule has 0 saturated heterocycles. The fourth-order valence-corrected chi connectivity index (χ4v) is 6.36. The Morgan fingerprint density at radius 2 is 0.981 bits per heavy atom. The molecule has 6 aromatic rings. The maximum absolute atomic E-state index is 13.6. The Balaban J connectivity index is 1.06. The van der Waals surface area contributed by atoms with Crippen LogP contribution < -0.4 is 21.8 Å². The lowest BCUT2D eigenvalue weighted by atomic mass is 10.0. The van der Waals surface area contributed by atoms with Gasteiger partial charge >= 0.3 is 0 Å². The normalized spacial score (nSPS) is 12.1. The minimum absolute atomic E-state index is 0.184. The van der Waals surface area contributed by atoms with Gasteiger partial charge in [0.2, 0.25) is 0 Å². The van der Waals surface area contributed by atoms with Gasteiger partial charge in [-0.05, 0) is 50.2 Å². The van der Waals surface area contributed by atoms with Gasteiger partial charge in [-0.2, -0.15) is 0 Å². The first kappa shape index (κ1) is 36.5. The molecule has 4 N–H and O–H groups in total. The molecule has 0 bridgehead atoms. The molecule has 0 unspecified atom stereocenters. The van der Waals surface area contributed by atoms with Crippen LogP contribution >= 0.6 is 23.2 Å². The summed E-state index contributed by atoms with van der Waals surface area (Å²) < 4.78 is 3.00. The van der Waals surface area contributed by atoms with Crippen molar-refractivity contribution in [3.63, 3.8) is 0 Å². The molecule has 0 radical (unpaired) electrons. The van der Waals surface area contributed by atoms with Crippen LogP contribution in [0.15, 0.2) is 129 Å². The smallest absolute Gasteiger partial charge is 0.280 e. The summed E-state index contributed by atoms with van der Waals surface area (Å²) in [6, 6.07) is 33.8. The fraction of sp³-hybridized carbons (Fsp3) is 0.200. The van der Waals surface area contributed by atoms with E-state index in [-0.39, 0.29) is 11.1 Å². The predicted molar refractivity (Wildman–Crippen MR) is 212 cm³/mol. The van der Waals surface area contributed by atoms with E-state index in [4.69, 9.17) is 33.2 Å². The molecule has 0 fully saturated rings. The van der Waals surface area contributed by atoms with Gasteiger partial charge in [0.05, 0.1) is 47.0 Å². The molecule has 2 heterocycles. The summed E-state index contributed by atoms with van der Waals surface area (Å²) >= 11 is 12.4. The Morgan fingerprint density at radius 1 is 0.577 bits per heavy atom. The van der Waals surface area contributed by atoms with Gasteiger partial charge in [-0.25, -0.2) is 9.36 Å². The zero-order valence-electron chi connectivity index (χ0n) is 29.0. The highest BCUT2D eigenvalue weighted by molar-refractivity contribution is 6.31. The SMILES string of the molecule is Cc1[nH]n(-c2cccc(Cl)c2)c(=O)c1C(=NCCNCCNCCN=C(c1ccccc1)c1c(C)[nH]n(-c2cccc(Cl)c2)c1=O)c1ccccc1. The third kappa shape index (κ3) is 8.60. The number of aryl methyl sites for hydroxylation is 2. The van der Waals surface area contributed by atoms with Gasteiger partial charge in [0.1, 0.15) is 0 Å². The Kier molecular flexibility index (Phi) is 12.2. The summed E-state index contributed by atoms with van der Waals surface area (Å²) in [5.41, 5.74) is 6.48. The van der Waals surface area contributed by atoms with Gasteiger partial charge in [0.25, 0.3) is 11.1 Å². The van der Waals surface area contributed by atoms with Gasteiger partial charge < -0.3 is 10.6 Å². The van der Waals surface area contributed by atoms with Crippen LogP contribution in [-0.4, -0.2) is 70.3 Å².